The highest BCUT2D eigenvalue weighted by Crippen LogP contribution is 2.29. The molecular formula is C24H29F3N4O. The predicted octanol–water partition coefficient (Wildman–Crippen LogP) is 3.98. The van der Waals surface area contributed by atoms with Gasteiger partial charge in [0, 0.05) is 32.4 Å². The topological polar surface area (TPSA) is 48.5 Å². The Kier molecular flexibility index (Phi) is 6.69. The number of piperazine rings is 1. The van der Waals surface area contributed by atoms with Crippen LogP contribution in [-0.4, -0.2) is 48.5 Å². The third-order valence-electron chi connectivity index (χ3n) is 6.39. The summed E-state index contributed by atoms with van der Waals surface area (Å²) < 4.78 is 38.1. The molecule has 2 aromatic rings. The highest BCUT2D eigenvalue weighted by Gasteiger charge is 2.31. The largest absolute Gasteiger partial charge is 0.417 e. The maximum absolute atomic E-state index is 12.7. The number of benzene rings is 1. The van der Waals surface area contributed by atoms with Crippen molar-refractivity contribution in [1.82, 2.24) is 15.2 Å². The van der Waals surface area contributed by atoms with Crippen molar-refractivity contribution >= 4 is 11.7 Å². The summed E-state index contributed by atoms with van der Waals surface area (Å²) in [5.41, 5.74) is 3.23. The van der Waals surface area contributed by atoms with Crippen molar-refractivity contribution in [2.75, 3.05) is 37.6 Å². The third-order valence-corrected chi connectivity index (χ3v) is 6.39. The van der Waals surface area contributed by atoms with E-state index >= 15 is 0 Å². The van der Waals surface area contributed by atoms with Crippen molar-refractivity contribution in [2.24, 2.45) is 0 Å². The first-order chi connectivity index (χ1) is 15.3. The highest BCUT2D eigenvalue weighted by molar-refractivity contribution is 5.78. The quantitative estimate of drug-likeness (QED) is 0.755. The number of rotatable bonds is 5. The predicted molar refractivity (Wildman–Crippen MR) is 118 cm³/mol. The van der Waals surface area contributed by atoms with E-state index in [1.165, 1.54) is 30.0 Å². The minimum Gasteiger partial charge on any atom is -0.354 e. The molecule has 172 valence electrons. The number of amides is 1. The summed E-state index contributed by atoms with van der Waals surface area (Å²) >= 11 is 0. The Morgan fingerprint density at radius 3 is 2.44 bits per heavy atom. The van der Waals surface area contributed by atoms with Gasteiger partial charge in [-0.25, -0.2) is 4.98 Å². The lowest BCUT2D eigenvalue weighted by atomic mass is 9.89. The number of hydrogen-bond acceptors (Lipinski definition) is 4. The number of halogens is 3. The molecule has 1 aliphatic carbocycles. The molecule has 0 radical (unpaired) electrons. The normalized spacial score (nSPS) is 18.2. The molecule has 1 aromatic carbocycles. The van der Waals surface area contributed by atoms with Crippen LogP contribution in [-0.2, 0) is 23.8 Å². The van der Waals surface area contributed by atoms with Crippen LogP contribution in [0.5, 0.6) is 0 Å². The molecule has 0 saturated carbocycles. The van der Waals surface area contributed by atoms with Crippen molar-refractivity contribution in [2.45, 2.75) is 44.8 Å². The molecule has 8 heteroatoms. The van der Waals surface area contributed by atoms with Crippen LogP contribution < -0.4 is 10.2 Å². The van der Waals surface area contributed by atoms with E-state index in [9.17, 15) is 18.0 Å². The van der Waals surface area contributed by atoms with Crippen molar-refractivity contribution in [1.29, 1.82) is 0 Å². The fourth-order valence-corrected chi connectivity index (χ4v) is 4.47. The van der Waals surface area contributed by atoms with Gasteiger partial charge in [-0.3, -0.25) is 9.69 Å². The summed E-state index contributed by atoms with van der Waals surface area (Å²) in [6.45, 7) is 4.87. The molecule has 1 saturated heterocycles. The van der Waals surface area contributed by atoms with Gasteiger partial charge in [-0.2, -0.15) is 13.2 Å². The van der Waals surface area contributed by atoms with Gasteiger partial charge in [-0.1, -0.05) is 18.2 Å². The summed E-state index contributed by atoms with van der Waals surface area (Å²) in [4.78, 5) is 20.6. The van der Waals surface area contributed by atoms with Crippen molar-refractivity contribution in [3.63, 3.8) is 0 Å². The lowest BCUT2D eigenvalue weighted by molar-refractivity contribution is -0.137. The molecule has 1 fully saturated rings. The Bertz CT molecular complexity index is 937. The Balaban J connectivity index is 1.25. The number of carbonyl (C=O) groups is 1. The number of aromatic nitrogens is 1. The first-order valence-corrected chi connectivity index (χ1v) is 11.2. The van der Waals surface area contributed by atoms with Gasteiger partial charge in [0.15, 0.2) is 0 Å². The van der Waals surface area contributed by atoms with Gasteiger partial charge in [0.05, 0.1) is 18.2 Å². The molecule has 2 aliphatic rings. The number of nitrogens with zero attached hydrogens (tertiary/aromatic N) is 3. The fourth-order valence-electron chi connectivity index (χ4n) is 4.47. The van der Waals surface area contributed by atoms with Crippen LogP contribution in [0.2, 0.25) is 0 Å². The monoisotopic (exact) mass is 446 g/mol. The number of aryl methyl sites for hydroxylation is 2. The second-order valence-electron chi connectivity index (χ2n) is 8.69. The summed E-state index contributed by atoms with van der Waals surface area (Å²) in [5, 5.41) is 3.10. The van der Waals surface area contributed by atoms with Crippen LogP contribution in [0.4, 0.5) is 19.0 Å². The summed E-state index contributed by atoms with van der Waals surface area (Å²) in [7, 11) is 0. The number of pyridine rings is 1. The Hall–Kier alpha value is -2.61. The standard InChI is InChI=1S/C24H29F3N4O/c1-17(19-7-6-18-4-2-3-5-20(18)14-19)29-23(32)16-30-10-12-31(13-11-30)22-9-8-21(15-28-22)24(25,26)27/h6-9,14-15,17H,2-5,10-13,16H2,1H3,(H,29,32)/t17-/m0/s1. The maximum atomic E-state index is 12.7. The molecular weight excluding hydrogens is 417 g/mol. The van der Waals surface area contributed by atoms with E-state index in [-0.39, 0.29) is 11.9 Å². The van der Waals surface area contributed by atoms with Gasteiger partial charge in [0.1, 0.15) is 5.82 Å². The van der Waals surface area contributed by atoms with Gasteiger partial charge in [-0.15, -0.1) is 0 Å². The van der Waals surface area contributed by atoms with E-state index in [0.717, 1.165) is 30.7 Å². The molecule has 1 amide bonds. The molecule has 1 atom stereocenters. The summed E-state index contributed by atoms with van der Waals surface area (Å²) in [5.74, 6) is 0.513. The molecule has 4 rings (SSSR count). The number of fused-ring (bicyclic) bond motifs is 1. The van der Waals surface area contributed by atoms with Gasteiger partial charge < -0.3 is 10.2 Å². The van der Waals surface area contributed by atoms with E-state index in [0.29, 0.717) is 38.5 Å². The zero-order valence-electron chi connectivity index (χ0n) is 18.3. The van der Waals surface area contributed by atoms with Gasteiger partial charge in [-0.05, 0) is 61.4 Å². The second kappa shape index (κ2) is 9.48. The minimum atomic E-state index is -4.38. The van der Waals surface area contributed by atoms with Crippen LogP contribution in [0, 0.1) is 0 Å². The molecule has 5 nitrogen and oxygen atoms in total. The third kappa shape index (κ3) is 5.41. The van der Waals surface area contributed by atoms with E-state index in [1.54, 1.807) is 0 Å². The summed E-state index contributed by atoms with van der Waals surface area (Å²) in [6, 6.07) is 8.96. The zero-order valence-corrected chi connectivity index (χ0v) is 18.3. The molecule has 1 N–H and O–H groups in total. The lowest BCUT2D eigenvalue weighted by Gasteiger charge is -2.35. The first-order valence-electron chi connectivity index (χ1n) is 11.2. The van der Waals surface area contributed by atoms with Crippen molar-refractivity contribution in [3.8, 4) is 0 Å². The molecule has 32 heavy (non-hydrogen) atoms. The minimum absolute atomic E-state index is 0.0173. The lowest BCUT2D eigenvalue weighted by Crippen LogP contribution is -2.50. The zero-order chi connectivity index (χ0) is 22.7. The van der Waals surface area contributed by atoms with Crippen LogP contribution in [0.1, 0.15) is 48.1 Å². The van der Waals surface area contributed by atoms with E-state index < -0.39 is 11.7 Å². The fraction of sp³-hybridized carbons (Fsp3) is 0.500. The van der Waals surface area contributed by atoms with Crippen LogP contribution in [0.15, 0.2) is 36.5 Å². The Morgan fingerprint density at radius 2 is 1.78 bits per heavy atom. The number of alkyl halides is 3. The van der Waals surface area contributed by atoms with E-state index in [4.69, 9.17) is 0 Å². The van der Waals surface area contributed by atoms with Gasteiger partial charge >= 0.3 is 6.18 Å². The number of anilines is 1. The van der Waals surface area contributed by atoms with E-state index in [1.807, 2.05) is 11.8 Å². The van der Waals surface area contributed by atoms with E-state index in [2.05, 4.69) is 33.4 Å². The first kappa shape index (κ1) is 22.6. The van der Waals surface area contributed by atoms with Crippen LogP contribution >= 0.6 is 0 Å². The summed E-state index contributed by atoms with van der Waals surface area (Å²) in [6.07, 6.45) is 1.23. The van der Waals surface area contributed by atoms with Crippen molar-refractivity contribution < 1.29 is 18.0 Å². The van der Waals surface area contributed by atoms with Crippen molar-refractivity contribution in [3.05, 3.63) is 58.8 Å². The number of nitrogens with one attached hydrogen (secondary N) is 1. The van der Waals surface area contributed by atoms with Gasteiger partial charge in [0.2, 0.25) is 5.91 Å². The van der Waals surface area contributed by atoms with Crippen LogP contribution in [0.25, 0.3) is 0 Å². The highest BCUT2D eigenvalue weighted by atomic mass is 19.4. The maximum Gasteiger partial charge on any atom is 0.417 e. The molecule has 0 spiro atoms. The molecule has 1 aliphatic heterocycles. The molecule has 1 aromatic heterocycles. The van der Waals surface area contributed by atoms with Crippen LogP contribution in [0.3, 0.4) is 0 Å². The molecule has 2 heterocycles. The average molecular weight is 447 g/mol. The average Bonchev–Trinajstić information content (AvgIpc) is 2.78. The number of carbonyl (C=O) groups excluding carboxylic acids is 1. The Labute approximate surface area is 186 Å². The molecule has 0 unspecified atom stereocenters. The second-order valence-corrected chi connectivity index (χ2v) is 8.69. The SMILES string of the molecule is C[C@H](NC(=O)CN1CCN(c2ccc(C(F)(F)F)cn2)CC1)c1ccc2c(c1)CCCC2. The van der Waals surface area contributed by atoms with Gasteiger partial charge in [0.25, 0.3) is 0 Å². The Morgan fingerprint density at radius 1 is 1.06 bits per heavy atom. The number of hydrogen-bond donors (Lipinski definition) is 1. The smallest absolute Gasteiger partial charge is 0.354 e. The molecule has 0 bridgehead atoms.